The molecule has 24 heavy (non-hydrogen) atoms. The van der Waals surface area contributed by atoms with Crippen LogP contribution in [-0.4, -0.2) is 20.4 Å². The number of rotatable bonds is 6. The van der Waals surface area contributed by atoms with Crippen molar-refractivity contribution < 1.29 is 9.72 Å². The molecule has 1 aromatic heterocycles. The third kappa shape index (κ3) is 4.25. The number of anilines is 1. The van der Waals surface area contributed by atoms with Gasteiger partial charge in [0, 0.05) is 29.6 Å². The number of benzene rings is 1. The lowest BCUT2D eigenvalue weighted by Gasteiger charge is -2.09. The highest BCUT2D eigenvalue weighted by atomic mass is 16.6. The summed E-state index contributed by atoms with van der Waals surface area (Å²) in [5, 5.41) is 13.4. The van der Waals surface area contributed by atoms with E-state index in [9.17, 15) is 19.7 Å². The third-order valence-corrected chi connectivity index (χ3v) is 3.45. The van der Waals surface area contributed by atoms with Gasteiger partial charge >= 0.3 is 0 Å². The van der Waals surface area contributed by atoms with Crippen LogP contribution in [0.1, 0.15) is 24.6 Å². The number of nitrogens with zero attached hydrogens (tertiary/aromatic N) is 3. The highest BCUT2D eigenvalue weighted by Gasteiger charge is 2.11. The fourth-order valence-corrected chi connectivity index (χ4v) is 2.22. The molecule has 1 heterocycles. The fraction of sp³-hybridized carbons (Fsp3) is 0.312. The number of nitro groups is 1. The molecule has 0 fully saturated rings. The van der Waals surface area contributed by atoms with Gasteiger partial charge in [0.25, 0.3) is 11.2 Å². The highest BCUT2D eigenvalue weighted by Crippen LogP contribution is 2.21. The van der Waals surface area contributed by atoms with Gasteiger partial charge in [-0.25, -0.2) is 4.98 Å². The maximum atomic E-state index is 12.1. The minimum Gasteiger partial charge on any atom is -0.324 e. The molecule has 0 saturated heterocycles. The number of carbonyl (C=O) groups is 1. The highest BCUT2D eigenvalue weighted by molar-refractivity contribution is 5.91. The van der Waals surface area contributed by atoms with Crippen molar-refractivity contribution in [1.29, 1.82) is 0 Å². The Bertz CT molecular complexity index is 829. The average molecular weight is 330 g/mol. The second kappa shape index (κ2) is 7.49. The van der Waals surface area contributed by atoms with Crippen LogP contribution in [0.3, 0.4) is 0 Å². The van der Waals surface area contributed by atoms with E-state index in [-0.39, 0.29) is 17.8 Å². The number of amides is 1. The van der Waals surface area contributed by atoms with Gasteiger partial charge in [0.15, 0.2) is 0 Å². The number of carbonyl (C=O) groups excluding carboxylic acids is 1. The number of hydrogen-bond acceptors (Lipinski definition) is 5. The van der Waals surface area contributed by atoms with Crippen LogP contribution in [-0.2, 0) is 17.8 Å². The molecule has 8 nitrogen and oxygen atoms in total. The van der Waals surface area contributed by atoms with Gasteiger partial charge in [0.1, 0.15) is 6.54 Å². The number of non-ortho nitro benzene ring substituents is 1. The quantitative estimate of drug-likeness (QED) is 0.644. The van der Waals surface area contributed by atoms with Crippen molar-refractivity contribution in [2.45, 2.75) is 33.2 Å². The van der Waals surface area contributed by atoms with E-state index in [1.807, 2.05) is 6.92 Å². The molecule has 0 unspecified atom stereocenters. The Balaban J connectivity index is 2.08. The van der Waals surface area contributed by atoms with Gasteiger partial charge in [-0.3, -0.25) is 24.3 Å². The first kappa shape index (κ1) is 17.3. The van der Waals surface area contributed by atoms with Gasteiger partial charge in [-0.05, 0) is 25.0 Å². The summed E-state index contributed by atoms with van der Waals surface area (Å²) in [5.74, 6) is -0.404. The Morgan fingerprint density at radius 1 is 1.38 bits per heavy atom. The van der Waals surface area contributed by atoms with Crippen LogP contribution in [0.25, 0.3) is 0 Å². The van der Waals surface area contributed by atoms with Gasteiger partial charge in [0.2, 0.25) is 5.91 Å². The van der Waals surface area contributed by atoms with Crippen LogP contribution >= 0.6 is 0 Å². The van der Waals surface area contributed by atoms with E-state index in [0.717, 1.165) is 6.42 Å². The second-order valence-corrected chi connectivity index (χ2v) is 5.40. The van der Waals surface area contributed by atoms with E-state index in [1.54, 1.807) is 6.92 Å². The fourth-order valence-electron chi connectivity index (χ4n) is 2.22. The lowest BCUT2D eigenvalue weighted by molar-refractivity contribution is -0.384. The molecule has 8 heteroatoms. The smallest absolute Gasteiger partial charge is 0.269 e. The molecule has 2 rings (SSSR count). The Kier molecular flexibility index (Phi) is 5.41. The minimum atomic E-state index is -0.498. The standard InChI is InChI=1S/C16H18N4O4/c1-3-4-12-8-16(22)19(10-17-12)9-15(21)18-14-6-5-13(20(23)24)7-11(14)2/h5-8,10H,3-4,9H2,1-2H3,(H,18,21). The van der Waals surface area contributed by atoms with E-state index in [2.05, 4.69) is 10.3 Å². The van der Waals surface area contributed by atoms with E-state index < -0.39 is 10.8 Å². The van der Waals surface area contributed by atoms with Crippen molar-refractivity contribution in [3.63, 3.8) is 0 Å². The molecule has 0 aliphatic carbocycles. The topological polar surface area (TPSA) is 107 Å². The predicted octanol–water partition coefficient (Wildman–Crippen LogP) is 2.05. The minimum absolute atomic E-state index is 0.0440. The third-order valence-electron chi connectivity index (χ3n) is 3.45. The number of hydrogen-bond donors (Lipinski definition) is 1. The molecule has 0 radical (unpaired) electrons. The molecule has 0 spiro atoms. The molecule has 1 aromatic carbocycles. The lowest BCUT2D eigenvalue weighted by Crippen LogP contribution is -2.28. The summed E-state index contributed by atoms with van der Waals surface area (Å²) in [4.78, 5) is 38.4. The molecule has 126 valence electrons. The maximum absolute atomic E-state index is 12.1. The monoisotopic (exact) mass is 330 g/mol. The van der Waals surface area contributed by atoms with Gasteiger partial charge in [-0.2, -0.15) is 0 Å². The van der Waals surface area contributed by atoms with Crippen molar-refractivity contribution in [2.75, 3.05) is 5.32 Å². The van der Waals surface area contributed by atoms with E-state index >= 15 is 0 Å². The number of nitro benzene ring substituents is 1. The molecular formula is C16H18N4O4. The number of aromatic nitrogens is 2. The van der Waals surface area contributed by atoms with Gasteiger partial charge in [0.05, 0.1) is 11.3 Å². The Hall–Kier alpha value is -3.03. The second-order valence-electron chi connectivity index (χ2n) is 5.40. The van der Waals surface area contributed by atoms with Crippen LogP contribution in [0.15, 0.2) is 35.4 Å². The summed E-state index contributed by atoms with van der Waals surface area (Å²) in [7, 11) is 0. The van der Waals surface area contributed by atoms with Crippen LogP contribution in [0.2, 0.25) is 0 Å². The zero-order chi connectivity index (χ0) is 17.7. The first-order chi connectivity index (χ1) is 11.4. The summed E-state index contributed by atoms with van der Waals surface area (Å²) in [6, 6.07) is 5.59. The summed E-state index contributed by atoms with van der Waals surface area (Å²) >= 11 is 0. The van der Waals surface area contributed by atoms with Crippen LogP contribution in [0.4, 0.5) is 11.4 Å². The molecule has 1 N–H and O–H groups in total. The molecule has 1 amide bonds. The molecule has 0 saturated carbocycles. The molecule has 0 atom stereocenters. The molecule has 0 aliphatic heterocycles. The van der Waals surface area contributed by atoms with E-state index in [1.165, 1.54) is 35.2 Å². The molecule has 2 aromatic rings. The van der Waals surface area contributed by atoms with Crippen LogP contribution in [0.5, 0.6) is 0 Å². The number of aryl methyl sites for hydroxylation is 2. The van der Waals surface area contributed by atoms with Crippen molar-refractivity contribution in [2.24, 2.45) is 0 Å². The normalized spacial score (nSPS) is 10.4. The molecule has 0 aliphatic rings. The van der Waals surface area contributed by atoms with Crippen molar-refractivity contribution in [1.82, 2.24) is 9.55 Å². The summed E-state index contributed by atoms with van der Waals surface area (Å²) < 4.78 is 1.22. The van der Waals surface area contributed by atoms with Crippen LogP contribution < -0.4 is 10.9 Å². The summed E-state index contributed by atoms with van der Waals surface area (Å²) in [6.45, 7) is 3.48. The van der Waals surface area contributed by atoms with Crippen molar-refractivity contribution >= 4 is 17.3 Å². The zero-order valence-electron chi connectivity index (χ0n) is 13.5. The first-order valence-corrected chi connectivity index (χ1v) is 7.51. The largest absolute Gasteiger partial charge is 0.324 e. The number of nitrogens with one attached hydrogen (secondary N) is 1. The van der Waals surface area contributed by atoms with Crippen molar-refractivity contribution in [3.8, 4) is 0 Å². The Labute approximate surface area is 138 Å². The van der Waals surface area contributed by atoms with Gasteiger partial charge < -0.3 is 5.32 Å². The maximum Gasteiger partial charge on any atom is 0.269 e. The van der Waals surface area contributed by atoms with Crippen molar-refractivity contribution in [3.05, 3.63) is 62.3 Å². The predicted molar refractivity (Wildman–Crippen MR) is 89.0 cm³/mol. The van der Waals surface area contributed by atoms with E-state index in [0.29, 0.717) is 23.4 Å². The molecule has 0 bridgehead atoms. The van der Waals surface area contributed by atoms with Crippen LogP contribution in [0, 0.1) is 17.0 Å². The Morgan fingerprint density at radius 2 is 2.12 bits per heavy atom. The van der Waals surface area contributed by atoms with Gasteiger partial charge in [-0.1, -0.05) is 13.3 Å². The lowest BCUT2D eigenvalue weighted by atomic mass is 10.2. The summed E-state index contributed by atoms with van der Waals surface area (Å²) in [6.07, 6.45) is 2.95. The average Bonchev–Trinajstić information content (AvgIpc) is 2.52. The Morgan fingerprint density at radius 3 is 2.71 bits per heavy atom. The first-order valence-electron chi connectivity index (χ1n) is 7.51. The summed E-state index contributed by atoms with van der Waals surface area (Å²) in [5.41, 5.74) is 1.40. The van der Waals surface area contributed by atoms with E-state index in [4.69, 9.17) is 0 Å². The molecular weight excluding hydrogens is 312 g/mol. The SMILES string of the molecule is CCCc1cc(=O)n(CC(=O)Nc2ccc([N+](=O)[O-])cc2C)cn1. The zero-order valence-corrected chi connectivity index (χ0v) is 13.5. The van der Waals surface area contributed by atoms with Gasteiger partial charge in [-0.15, -0.1) is 0 Å².